The number of carbonyl (C=O) groups is 1. The van der Waals surface area contributed by atoms with E-state index in [1.165, 1.54) is 17.0 Å². The molecule has 0 bridgehead atoms. The summed E-state index contributed by atoms with van der Waals surface area (Å²) >= 11 is 0. The zero-order chi connectivity index (χ0) is 20.2. The number of carbonyl (C=O) groups excluding carboxylic acids is 1. The quantitative estimate of drug-likeness (QED) is 0.681. The molecule has 0 aliphatic carbocycles. The molecular formula is C19H25N7O3. The molecule has 2 aliphatic heterocycles. The number of piperazine rings is 1. The van der Waals surface area contributed by atoms with Crippen molar-refractivity contribution in [2.45, 2.75) is 13.5 Å². The Morgan fingerprint density at radius 3 is 2.21 bits per heavy atom. The minimum Gasteiger partial charge on any atom is -0.378 e. The van der Waals surface area contributed by atoms with Crippen molar-refractivity contribution in [1.82, 2.24) is 24.6 Å². The van der Waals surface area contributed by atoms with Crippen LogP contribution in [-0.2, 0) is 16.1 Å². The summed E-state index contributed by atoms with van der Waals surface area (Å²) < 4.78 is 6.71. The third kappa shape index (κ3) is 4.53. The lowest BCUT2D eigenvalue weighted by molar-refractivity contribution is -0.132. The van der Waals surface area contributed by atoms with Gasteiger partial charge in [0.1, 0.15) is 6.54 Å². The SMILES string of the molecule is Cc1cc(=O)n(CC(=O)N2CCN(c3ccc(N4CCOCC4)nn3)CC2)cn1. The number of nitrogens with zero attached hydrogens (tertiary/aromatic N) is 7. The van der Waals surface area contributed by atoms with Crippen LogP contribution in [0.3, 0.4) is 0 Å². The van der Waals surface area contributed by atoms with Gasteiger partial charge in [0.25, 0.3) is 5.56 Å². The van der Waals surface area contributed by atoms with E-state index >= 15 is 0 Å². The molecule has 2 aromatic rings. The van der Waals surface area contributed by atoms with Gasteiger partial charge in [-0.05, 0) is 19.1 Å². The van der Waals surface area contributed by atoms with Gasteiger partial charge in [-0.2, -0.15) is 0 Å². The van der Waals surface area contributed by atoms with Gasteiger partial charge in [0, 0.05) is 51.0 Å². The van der Waals surface area contributed by atoms with Gasteiger partial charge >= 0.3 is 0 Å². The maximum absolute atomic E-state index is 12.5. The van der Waals surface area contributed by atoms with Crippen molar-refractivity contribution >= 4 is 17.5 Å². The predicted octanol–water partition coefficient (Wildman–Crippen LogP) is -0.473. The fourth-order valence-electron chi connectivity index (χ4n) is 3.51. The molecule has 29 heavy (non-hydrogen) atoms. The van der Waals surface area contributed by atoms with E-state index in [0.29, 0.717) is 45.1 Å². The molecule has 2 saturated heterocycles. The second-order valence-electron chi connectivity index (χ2n) is 7.21. The molecule has 0 radical (unpaired) electrons. The van der Waals surface area contributed by atoms with E-state index < -0.39 is 0 Å². The van der Waals surface area contributed by atoms with Gasteiger partial charge in [-0.1, -0.05) is 0 Å². The summed E-state index contributed by atoms with van der Waals surface area (Å²) in [5.74, 6) is 1.60. The first-order valence-electron chi connectivity index (χ1n) is 9.82. The van der Waals surface area contributed by atoms with Crippen LogP contribution in [-0.4, -0.2) is 83.0 Å². The lowest BCUT2D eigenvalue weighted by atomic mass is 10.3. The molecule has 10 nitrogen and oxygen atoms in total. The van der Waals surface area contributed by atoms with Gasteiger partial charge in [0.15, 0.2) is 11.6 Å². The molecule has 154 valence electrons. The number of hydrogen-bond donors (Lipinski definition) is 0. The molecule has 0 atom stereocenters. The first-order valence-corrected chi connectivity index (χ1v) is 9.82. The smallest absolute Gasteiger partial charge is 0.253 e. The van der Waals surface area contributed by atoms with Crippen LogP contribution in [0.25, 0.3) is 0 Å². The van der Waals surface area contributed by atoms with Crippen LogP contribution in [0.1, 0.15) is 5.69 Å². The molecule has 4 rings (SSSR count). The number of aryl methyl sites for hydroxylation is 1. The Morgan fingerprint density at radius 2 is 1.62 bits per heavy atom. The van der Waals surface area contributed by atoms with Gasteiger partial charge < -0.3 is 19.4 Å². The highest BCUT2D eigenvalue weighted by molar-refractivity contribution is 5.76. The van der Waals surface area contributed by atoms with E-state index in [2.05, 4.69) is 25.0 Å². The zero-order valence-corrected chi connectivity index (χ0v) is 16.5. The molecule has 10 heteroatoms. The number of hydrogen-bond acceptors (Lipinski definition) is 8. The van der Waals surface area contributed by atoms with E-state index in [9.17, 15) is 9.59 Å². The highest BCUT2D eigenvalue weighted by atomic mass is 16.5. The molecular weight excluding hydrogens is 374 g/mol. The summed E-state index contributed by atoms with van der Waals surface area (Å²) in [7, 11) is 0. The molecule has 2 aliphatic rings. The average Bonchev–Trinajstić information content (AvgIpc) is 2.76. The number of aromatic nitrogens is 4. The molecule has 0 N–H and O–H groups in total. The van der Waals surface area contributed by atoms with E-state index in [1.807, 2.05) is 12.1 Å². The lowest BCUT2D eigenvalue weighted by Gasteiger charge is -2.35. The summed E-state index contributed by atoms with van der Waals surface area (Å²) in [6.45, 7) is 7.37. The molecule has 4 heterocycles. The van der Waals surface area contributed by atoms with Crippen molar-refractivity contribution < 1.29 is 9.53 Å². The monoisotopic (exact) mass is 399 g/mol. The normalized spacial score (nSPS) is 17.5. The Hall–Kier alpha value is -3.01. The van der Waals surface area contributed by atoms with Crippen LogP contribution >= 0.6 is 0 Å². The molecule has 0 saturated carbocycles. The Bertz CT molecular complexity index is 901. The predicted molar refractivity (Wildman–Crippen MR) is 107 cm³/mol. The van der Waals surface area contributed by atoms with Crippen LogP contribution in [0.15, 0.2) is 29.3 Å². The Kier molecular flexibility index (Phi) is 5.70. The molecule has 2 fully saturated rings. The van der Waals surface area contributed by atoms with Crippen LogP contribution in [0, 0.1) is 6.92 Å². The minimum atomic E-state index is -0.208. The van der Waals surface area contributed by atoms with Gasteiger partial charge in [-0.25, -0.2) is 4.98 Å². The van der Waals surface area contributed by atoms with Gasteiger partial charge in [0.2, 0.25) is 5.91 Å². The first kappa shape index (κ1) is 19.3. The van der Waals surface area contributed by atoms with Crippen molar-refractivity contribution in [1.29, 1.82) is 0 Å². The summed E-state index contributed by atoms with van der Waals surface area (Å²) in [6, 6.07) is 5.40. The second-order valence-corrected chi connectivity index (χ2v) is 7.21. The van der Waals surface area contributed by atoms with Crippen LogP contribution in [0.4, 0.5) is 11.6 Å². The van der Waals surface area contributed by atoms with Crippen molar-refractivity contribution in [3.63, 3.8) is 0 Å². The van der Waals surface area contributed by atoms with Crippen molar-refractivity contribution in [2.24, 2.45) is 0 Å². The van der Waals surface area contributed by atoms with Gasteiger partial charge in [-0.15, -0.1) is 10.2 Å². The number of rotatable bonds is 4. The van der Waals surface area contributed by atoms with Crippen molar-refractivity contribution in [3.8, 4) is 0 Å². The Labute approximate surface area is 168 Å². The van der Waals surface area contributed by atoms with Gasteiger partial charge in [0.05, 0.1) is 19.5 Å². The largest absolute Gasteiger partial charge is 0.378 e. The second kappa shape index (κ2) is 8.56. The van der Waals surface area contributed by atoms with Crippen LogP contribution < -0.4 is 15.4 Å². The fourth-order valence-corrected chi connectivity index (χ4v) is 3.51. The maximum atomic E-state index is 12.5. The Balaban J connectivity index is 1.31. The standard InChI is InChI=1S/C19H25N7O3/c1-15-12-18(27)26(14-20-15)13-19(28)25-6-4-23(5-7-25)16-2-3-17(22-21-16)24-8-10-29-11-9-24/h2-3,12,14H,4-11,13H2,1H3. The molecule has 0 unspecified atom stereocenters. The highest BCUT2D eigenvalue weighted by Gasteiger charge is 2.23. The summed E-state index contributed by atoms with van der Waals surface area (Å²) in [6.07, 6.45) is 1.43. The minimum absolute atomic E-state index is 0.0141. The number of anilines is 2. The Morgan fingerprint density at radius 1 is 1.00 bits per heavy atom. The molecule has 0 aromatic carbocycles. The first-order chi connectivity index (χ1) is 14.1. The number of morpholine rings is 1. The molecule has 0 spiro atoms. The lowest BCUT2D eigenvalue weighted by Crippen LogP contribution is -2.50. The third-order valence-electron chi connectivity index (χ3n) is 5.25. The third-order valence-corrected chi connectivity index (χ3v) is 5.25. The summed E-state index contributed by atoms with van der Waals surface area (Å²) in [4.78, 5) is 34.7. The summed E-state index contributed by atoms with van der Waals surface area (Å²) in [5, 5.41) is 8.73. The van der Waals surface area contributed by atoms with Crippen LogP contribution in [0.5, 0.6) is 0 Å². The van der Waals surface area contributed by atoms with E-state index in [0.717, 1.165) is 24.7 Å². The highest BCUT2D eigenvalue weighted by Crippen LogP contribution is 2.17. The van der Waals surface area contributed by atoms with Gasteiger partial charge in [-0.3, -0.25) is 14.2 Å². The maximum Gasteiger partial charge on any atom is 0.253 e. The number of amides is 1. The van der Waals surface area contributed by atoms with Crippen molar-refractivity contribution in [3.05, 3.63) is 40.6 Å². The zero-order valence-electron chi connectivity index (χ0n) is 16.5. The van der Waals surface area contributed by atoms with E-state index in [1.54, 1.807) is 11.8 Å². The number of ether oxygens (including phenoxy) is 1. The average molecular weight is 399 g/mol. The van der Waals surface area contributed by atoms with E-state index in [4.69, 9.17) is 4.74 Å². The summed E-state index contributed by atoms with van der Waals surface area (Å²) in [5.41, 5.74) is 0.438. The fraction of sp³-hybridized carbons (Fsp3) is 0.526. The molecule has 1 amide bonds. The molecule has 2 aromatic heterocycles. The van der Waals surface area contributed by atoms with E-state index in [-0.39, 0.29) is 18.0 Å². The topological polar surface area (TPSA) is 96.7 Å². The van der Waals surface area contributed by atoms with Crippen LogP contribution in [0.2, 0.25) is 0 Å². The van der Waals surface area contributed by atoms with Crippen molar-refractivity contribution in [2.75, 3.05) is 62.3 Å².